The molecule has 0 aliphatic rings. The molecule has 1 amide bonds. The average molecular weight is 258 g/mol. The van der Waals surface area contributed by atoms with Gasteiger partial charge in [-0.2, -0.15) is 10.4 Å². The number of hydrogen-bond acceptors (Lipinski definition) is 4. The zero-order valence-electron chi connectivity index (χ0n) is 10.8. The van der Waals surface area contributed by atoms with Gasteiger partial charge in [0, 0.05) is 12.1 Å². The van der Waals surface area contributed by atoms with E-state index in [0.29, 0.717) is 17.8 Å². The fourth-order valence-corrected chi connectivity index (χ4v) is 1.80. The molecule has 1 unspecified atom stereocenters. The van der Waals surface area contributed by atoms with E-state index in [9.17, 15) is 4.79 Å². The van der Waals surface area contributed by atoms with Crippen LogP contribution in [0.15, 0.2) is 29.1 Å². The summed E-state index contributed by atoms with van der Waals surface area (Å²) in [5.41, 5.74) is 1.84. The number of carbonyl (C=O) groups is 1. The molecule has 1 N–H and O–H groups in total. The Labute approximate surface area is 110 Å². The van der Waals surface area contributed by atoms with Crippen molar-refractivity contribution < 1.29 is 9.21 Å². The molecule has 2 heterocycles. The first-order valence-corrected chi connectivity index (χ1v) is 5.92. The van der Waals surface area contributed by atoms with Crippen molar-refractivity contribution in [2.24, 2.45) is 0 Å². The molecule has 0 bridgehead atoms. The van der Waals surface area contributed by atoms with Gasteiger partial charge in [-0.15, -0.1) is 0 Å². The third kappa shape index (κ3) is 2.65. The van der Waals surface area contributed by atoms with E-state index in [2.05, 4.69) is 10.4 Å². The molecule has 98 valence electrons. The van der Waals surface area contributed by atoms with Crippen LogP contribution >= 0.6 is 0 Å². The summed E-state index contributed by atoms with van der Waals surface area (Å²) >= 11 is 0. The predicted molar refractivity (Wildman–Crippen MR) is 67.2 cm³/mol. The highest BCUT2D eigenvalue weighted by Crippen LogP contribution is 2.13. The minimum atomic E-state index is -0.730. The Morgan fingerprint density at radius 3 is 3.05 bits per heavy atom. The molecule has 6 nitrogen and oxygen atoms in total. The first kappa shape index (κ1) is 12.9. The largest absolute Gasteiger partial charge is 0.472 e. The number of nitriles is 1. The summed E-state index contributed by atoms with van der Waals surface area (Å²) in [5.74, 6) is -0.324. The van der Waals surface area contributed by atoms with Gasteiger partial charge in [-0.05, 0) is 26.0 Å². The Morgan fingerprint density at radius 2 is 2.47 bits per heavy atom. The monoisotopic (exact) mass is 258 g/mol. The van der Waals surface area contributed by atoms with Crippen molar-refractivity contribution in [1.82, 2.24) is 15.1 Å². The normalized spacial score (nSPS) is 11.8. The smallest absolute Gasteiger partial charge is 0.270 e. The number of amides is 1. The Morgan fingerprint density at radius 1 is 1.68 bits per heavy atom. The molecule has 2 aromatic heterocycles. The van der Waals surface area contributed by atoms with Gasteiger partial charge in [-0.3, -0.25) is 9.48 Å². The number of furan rings is 1. The van der Waals surface area contributed by atoms with Gasteiger partial charge < -0.3 is 9.73 Å². The molecular weight excluding hydrogens is 244 g/mol. The summed E-state index contributed by atoms with van der Waals surface area (Å²) < 4.78 is 6.52. The lowest BCUT2D eigenvalue weighted by molar-refractivity contribution is 0.0934. The van der Waals surface area contributed by atoms with E-state index in [1.165, 1.54) is 12.5 Å². The molecule has 0 saturated heterocycles. The van der Waals surface area contributed by atoms with Crippen LogP contribution in [0.4, 0.5) is 0 Å². The lowest BCUT2D eigenvalue weighted by Crippen LogP contribution is -2.29. The maximum Gasteiger partial charge on any atom is 0.270 e. The van der Waals surface area contributed by atoms with Crippen LogP contribution < -0.4 is 5.32 Å². The highest BCUT2D eigenvalue weighted by atomic mass is 16.3. The minimum Gasteiger partial charge on any atom is -0.472 e. The van der Waals surface area contributed by atoms with Gasteiger partial charge in [0.15, 0.2) is 0 Å². The molecule has 0 aromatic carbocycles. The first-order valence-electron chi connectivity index (χ1n) is 5.92. The van der Waals surface area contributed by atoms with Gasteiger partial charge in [0.2, 0.25) is 0 Å². The zero-order valence-corrected chi connectivity index (χ0v) is 10.8. The van der Waals surface area contributed by atoms with Gasteiger partial charge in [0.05, 0.1) is 24.3 Å². The second-order valence-electron chi connectivity index (χ2n) is 4.08. The van der Waals surface area contributed by atoms with E-state index in [0.717, 1.165) is 5.69 Å². The summed E-state index contributed by atoms with van der Waals surface area (Å²) in [7, 11) is 0. The van der Waals surface area contributed by atoms with E-state index in [1.54, 1.807) is 16.8 Å². The molecule has 0 aliphatic heterocycles. The quantitative estimate of drug-likeness (QED) is 0.906. The van der Waals surface area contributed by atoms with Crippen molar-refractivity contribution in [1.29, 1.82) is 5.26 Å². The lowest BCUT2D eigenvalue weighted by atomic mass is 10.1. The fraction of sp³-hybridized carbons (Fsp3) is 0.308. The van der Waals surface area contributed by atoms with E-state index in [4.69, 9.17) is 9.68 Å². The van der Waals surface area contributed by atoms with Crippen molar-refractivity contribution in [3.05, 3.63) is 41.6 Å². The van der Waals surface area contributed by atoms with Crippen molar-refractivity contribution in [3.8, 4) is 6.07 Å². The number of nitrogens with one attached hydrogen (secondary N) is 1. The number of hydrogen-bond donors (Lipinski definition) is 1. The third-order valence-corrected chi connectivity index (χ3v) is 2.72. The minimum absolute atomic E-state index is 0.324. The van der Waals surface area contributed by atoms with Crippen LogP contribution in [0.25, 0.3) is 0 Å². The Bertz CT molecular complexity index is 607. The summed E-state index contributed by atoms with van der Waals surface area (Å²) in [6.45, 7) is 4.32. The third-order valence-electron chi connectivity index (χ3n) is 2.72. The number of carbonyl (C=O) groups excluding carboxylic acids is 1. The Kier molecular flexibility index (Phi) is 3.66. The molecule has 2 rings (SSSR count). The predicted octanol–water partition coefficient (Wildman–Crippen LogP) is 1.80. The molecular formula is C13H14N4O2. The topological polar surface area (TPSA) is 83.9 Å². The fourth-order valence-electron chi connectivity index (χ4n) is 1.80. The van der Waals surface area contributed by atoms with Crippen LogP contribution in [-0.4, -0.2) is 15.7 Å². The van der Waals surface area contributed by atoms with Crippen LogP contribution in [0.5, 0.6) is 0 Å². The van der Waals surface area contributed by atoms with Gasteiger partial charge in [0.25, 0.3) is 5.91 Å². The maximum absolute atomic E-state index is 12.1. The van der Waals surface area contributed by atoms with Crippen LogP contribution in [0.3, 0.4) is 0 Å². The number of aromatic nitrogens is 2. The second-order valence-corrected chi connectivity index (χ2v) is 4.08. The molecule has 1 atom stereocenters. The van der Waals surface area contributed by atoms with Gasteiger partial charge >= 0.3 is 0 Å². The highest BCUT2D eigenvalue weighted by molar-refractivity contribution is 5.93. The molecule has 0 aliphatic carbocycles. The van der Waals surface area contributed by atoms with Gasteiger partial charge in [0.1, 0.15) is 11.7 Å². The summed E-state index contributed by atoms with van der Waals surface area (Å²) in [5, 5.41) is 15.9. The molecule has 2 aromatic rings. The van der Waals surface area contributed by atoms with Gasteiger partial charge in [-0.25, -0.2) is 0 Å². The Hall–Kier alpha value is -2.55. The summed E-state index contributed by atoms with van der Waals surface area (Å²) in [6, 6.07) is 4.64. The van der Waals surface area contributed by atoms with Crippen LogP contribution in [-0.2, 0) is 6.54 Å². The molecule has 19 heavy (non-hydrogen) atoms. The molecule has 0 spiro atoms. The van der Waals surface area contributed by atoms with Gasteiger partial charge in [-0.1, -0.05) is 0 Å². The van der Waals surface area contributed by atoms with E-state index in [-0.39, 0.29) is 5.91 Å². The molecule has 6 heteroatoms. The first-order chi connectivity index (χ1) is 9.15. The summed E-state index contributed by atoms with van der Waals surface area (Å²) in [4.78, 5) is 12.1. The number of rotatable bonds is 4. The Balaban J connectivity index is 2.18. The van der Waals surface area contributed by atoms with Crippen LogP contribution in [0, 0.1) is 18.3 Å². The van der Waals surface area contributed by atoms with Crippen molar-refractivity contribution in [3.63, 3.8) is 0 Å². The number of aryl methyl sites for hydroxylation is 2. The van der Waals surface area contributed by atoms with Crippen LogP contribution in [0.1, 0.15) is 34.7 Å². The second kappa shape index (κ2) is 5.40. The number of nitrogens with zero attached hydrogens (tertiary/aromatic N) is 3. The van der Waals surface area contributed by atoms with E-state index < -0.39 is 6.04 Å². The van der Waals surface area contributed by atoms with Crippen molar-refractivity contribution in [2.45, 2.75) is 26.4 Å². The molecule has 0 fully saturated rings. The zero-order chi connectivity index (χ0) is 13.8. The lowest BCUT2D eigenvalue weighted by Gasteiger charge is -2.10. The van der Waals surface area contributed by atoms with Crippen molar-refractivity contribution in [2.75, 3.05) is 0 Å². The SMILES string of the molecule is CCn1nc(C)cc1C(=O)NC(C#N)c1ccoc1. The highest BCUT2D eigenvalue weighted by Gasteiger charge is 2.19. The van der Waals surface area contributed by atoms with E-state index >= 15 is 0 Å². The molecule has 0 radical (unpaired) electrons. The average Bonchev–Trinajstić information content (AvgIpc) is 3.04. The summed E-state index contributed by atoms with van der Waals surface area (Å²) in [6.07, 6.45) is 2.91. The molecule has 0 saturated carbocycles. The van der Waals surface area contributed by atoms with Crippen LogP contribution in [0.2, 0.25) is 0 Å². The van der Waals surface area contributed by atoms with Crippen molar-refractivity contribution >= 4 is 5.91 Å². The van der Waals surface area contributed by atoms with E-state index in [1.807, 2.05) is 19.9 Å². The maximum atomic E-state index is 12.1. The standard InChI is InChI=1S/C13H14N4O2/c1-3-17-12(6-9(2)16-17)13(18)15-11(7-14)10-4-5-19-8-10/h4-6,8,11H,3H2,1-2H3,(H,15,18).